The SMILES string of the molecule is CC(CN)CCNCCc1ccccc1F. The third kappa shape index (κ3) is 4.73. The molecule has 2 nitrogen and oxygen atoms in total. The van der Waals surface area contributed by atoms with Crippen molar-refractivity contribution in [1.29, 1.82) is 0 Å². The van der Waals surface area contributed by atoms with Gasteiger partial charge in [-0.05, 0) is 50.0 Å². The zero-order chi connectivity index (χ0) is 11.8. The van der Waals surface area contributed by atoms with Crippen molar-refractivity contribution in [3.8, 4) is 0 Å². The highest BCUT2D eigenvalue weighted by atomic mass is 19.1. The summed E-state index contributed by atoms with van der Waals surface area (Å²) in [6.07, 6.45) is 1.82. The van der Waals surface area contributed by atoms with Gasteiger partial charge in [-0.3, -0.25) is 0 Å². The normalized spacial score (nSPS) is 12.7. The maximum absolute atomic E-state index is 13.2. The monoisotopic (exact) mass is 224 g/mol. The third-order valence-corrected chi connectivity index (χ3v) is 2.75. The van der Waals surface area contributed by atoms with Gasteiger partial charge < -0.3 is 11.1 Å². The summed E-state index contributed by atoms with van der Waals surface area (Å²) in [5, 5.41) is 3.30. The van der Waals surface area contributed by atoms with Gasteiger partial charge in [-0.25, -0.2) is 4.39 Å². The van der Waals surface area contributed by atoms with Gasteiger partial charge in [0.1, 0.15) is 5.82 Å². The molecule has 1 aromatic rings. The number of nitrogens with one attached hydrogen (secondary N) is 1. The number of hydrogen-bond donors (Lipinski definition) is 2. The van der Waals surface area contributed by atoms with Crippen LogP contribution in [0.15, 0.2) is 24.3 Å². The Kier molecular flexibility index (Phi) is 6.04. The third-order valence-electron chi connectivity index (χ3n) is 2.75. The van der Waals surface area contributed by atoms with Crippen LogP contribution in [0.3, 0.4) is 0 Å². The zero-order valence-electron chi connectivity index (χ0n) is 9.88. The van der Waals surface area contributed by atoms with Gasteiger partial charge >= 0.3 is 0 Å². The van der Waals surface area contributed by atoms with Crippen LogP contribution in [-0.2, 0) is 6.42 Å². The number of halogens is 1. The first-order valence-corrected chi connectivity index (χ1v) is 5.88. The minimum Gasteiger partial charge on any atom is -0.330 e. The molecule has 90 valence electrons. The van der Waals surface area contributed by atoms with E-state index in [1.165, 1.54) is 6.07 Å². The number of hydrogen-bond acceptors (Lipinski definition) is 2. The standard InChI is InChI=1S/C13H21FN2/c1-11(10-15)6-8-16-9-7-12-4-2-3-5-13(12)14/h2-5,11,16H,6-10,15H2,1H3. The molecular weight excluding hydrogens is 203 g/mol. The molecule has 0 aliphatic carbocycles. The van der Waals surface area contributed by atoms with Gasteiger partial charge in [-0.15, -0.1) is 0 Å². The van der Waals surface area contributed by atoms with Crippen LogP contribution in [0.2, 0.25) is 0 Å². The predicted octanol–water partition coefficient (Wildman–Crippen LogP) is 1.94. The first kappa shape index (κ1) is 13.1. The van der Waals surface area contributed by atoms with Crippen LogP contribution in [0.1, 0.15) is 18.9 Å². The number of nitrogens with two attached hydrogens (primary N) is 1. The van der Waals surface area contributed by atoms with Gasteiger partial charge in [0.2, 0.25) is 0 Å². The van der Waals surface area contributed by atoms with Crippen molar-refractivity contribution in [1.82, 2.24) is 5.32 Å². The molecule has 0 spiro atoms. The molecular formula is C13H21FN2. The summed E-state index contributed by atoms with van der Waals surface area (Å²) in [6.45, 7) is 4.64. The lowest BCUT2D eigenvalue weighted by atomic mass is 10.1. The molecule has 0 saturated heterocycles. The lowest BCUT2D eigenvalue weighted by Crippen LogP contribution is -2.22. The van der Waals surface area contributed by atoms with Crippen LogP contribution in [-0.4, -0.2) is 19.6 Å². The topological polar surface area (TPSA) is 38.0 Å². The molecule has 1 unspecified atom stereocenters. The van der Waals surface area contributed by atoms with Gasteiger partial charge in [0.25, 0.3) is 0 Å². The fourth-order valence-electron chi connectivity index (χ4n) is 1.52. The fraction of sp³-hybridized carbons (Fsp3) is 0.538. The van der Waals surface area contributed by atoms with Crippen molar-refractivity contribution >= 4 is 0 Å². The first-order valence-electron chi connectivity index (χ1n) is 5.88. The van der Waals surface area contributed by atoms with Gasteiger partial charge in [0.15, 0.2) is 0 Å². The quantitative estimate of drug-likeness (QED) is 0.695. The van der Waals surface area contributed by atoms with E-state index in [0.29, 0.717) is 5.92 Å². The first-order chi connectivity index (χ1) is 7.74. The molecule has 0 bridgehead atoms. The maximum atomic E-state index is 13.2. The maximum Gasteiger partial charge on any atom is 0.126 e. The van der Waals surface area contributed by atoms with Crippen LogP contribution in [0.5, 0.6) is 0 Å². The summed E-state index contributed by atoms with van der Waals surface area (Å²) < 4.78 is 13.2. The van der Waals surface area contributed by atoms with Crippen molar-refractivity contribution in [2.45, 2.75) is 19.8 Å². The Morgan fingerprint density at radius 1 is 1.31 bits per heavy atom. The zero-order valence-corrected chi connectivity index (χ0v) is 9.88. The molecule has 0 aliphatic heterocycles. The van der Waals surface area contributed by atoms with E-state index in [1.807, 2.05) is 12.1 Å². The molecule has 16 heavy (non-hydrogen) atoms. The van der Waals surface area contributed by atoms with Crippen molar-refractivity contribution in [2.75, 3.05) is 19.6 Å². The van der Waals surface area contributed by atoms with Crippen molar-refractivity contribution in [3.05, 3.63) is 35.6 Å². The van der Waals surface area contributed by atoms with Crippen molar-refractivity contribution in [2.24, 2.45) is 11.7 Å². The molecule has 0 saturated carbocycles. The lowest BCUT2D eigenvalue weighted by Gasteiger charge is -2.09. The molecule has 1 rings (SSSR count). The smallest absolute Gasteiger partial charge is 0.126 e. The second-order valence-electron chi connectivity index (χ2n) is 4.22. The van der Waals surface area contributed by atoms with E-state index in [9.17, 15) is 4.39 Å². The van der Waals surface area contributed by atoms with Crippen LogP contribution in [0.25, 0.3) is 0 Å². The summed E-state index contributed by atoms with van der Waals surface area (Å²) in [5.74, 6) is 0.445. The van der Waals surface area contributed by atoms with E-state index in [-0.39, 0.29) is 5.82 Å². The van der Waals surface area contributed by atoms with E-state index in [1.54, 1.807) is 6.07 Å². The Hall–Kier alpha value is -0.930. The minimum atomic E-state index is -0.111. The van der Waals surface area contributed by atoms with E-state index in [2.05, 4.69) is 12.2 Å². The number of rotatable bonds is 7. The minimum absolute atomic E-state index is 0.111. The van der Waals surface area contributed by atoms with Gasteiger partial charge in [0, 0.05) is 0 Å². The Labute approximate surface area is 97.0 Å². The fourth-order valence-corrected chi connectivity index (χ4v) is 1.52. The van der Waals surface area contributed by atoms with Crippen LogP contribution in [0, 0.1) is 11.7 Å². The highest BCUT2D eigenvalue weighted by Crippen LogP contribution is 2.06. The summed E-state index contributed by atoms with van der Waals surface area (Å²) >= 11 is 0. The highest BCUT2D eigenvalue weighted by molar-refractivity contribution is 5.17. The van der Waals surface area contributed by atoms with Crippen LogP contribution >= 0.6 is 0 Å². The molecule has 1 aromatic carbocycles. The van der Waals surface area contributed by atoms with E-state index >= 15 is 0 Å². The van der Waals surface area contributed by atoms with E-state index in [4.69, 9.17) is 5.73 Å². The average Bonchev–Trinajstić information content (AvgIpc) is 2.30. The molecule has 3 N–H and O–H groups in total. The molecule has 0 radical (unpaired) electrons. The molecule has 0 amide bonds. The predicted molar refractivity (Wildman–Crippen MR) is 65.8 cm³/mol. The molecule has 0 aromatic heterocycles. The number of benzene rings is 1. The van der Waals surface area contributed by atoms with E-state index < -0.39 is 0 Å². The Balaban J connectivity index is 2.14. The van der Waals surface area contributed by atoms with Gasteiger partial charge in [-0.2, -0.15) is 0 Å². The molecule has 0 fully saturated rings. The Bertz CT molecular complexity index is 302. The summed E-state index contributed by atoms with van der Waals surface area (Å²) in [6, 6.07) is 6.93. The van der Waals surface area contributed by atoms with Gasteiger partial charge in [0.05, 0.1) is 0 Å². The van der Waals surface area contributed by atoms with Gasteiger partial charge in [-0.1, -0.05) is 25.1 Å². The van der Waals surface area contributed by atoms with Crippen LogP contribution < -0.4 is 11.1 Å². The summed E-state index contributed by atoms with van der Waals surface area (Å²) in [7, 11) is 0. The average molecular weight is 224 g/mol. The Morgan fingerprint density at radius 3 is 2.75 bits per heavy atom. The largest absolute Gasteiger partial charge is 0.330 e. The molecule has 3 heteroatoms. The second kappa shape index (κ2) is 7.36. The van der Waals surface area contributed by atoms with Crippen molar-refractivity contribution < 1.29 is 4.39 Å². The lowest BCUT2D eigenvalue weighted by molar-refractivity contribution is 0.508. The van der Waals surface area contributed by atoms with Crippen LogP contribution in [0.4, 0.5) is 4.39 Å². The second-order valence-corrected chi connectivity index (χ2v) is 4.22. The molecule has 0 aliphatic rings. The molecule has 1 atom stereocenters. The highest BCUT2D eigenvalue weighted by Gasteiger charge is 2.00. The van der Waals surface area contributed by atoms with E-state index in [0.717, 1.165) is 38.0 Å². The summed E-state index contributed by atoms with van der Waals surface area (Å²) in [4.78, 5) is 0. The Morgan fingerprint density at radius 2 is 2.06 bits per heavy atom. The summed E-state index contributed by atoms with van der Waals surface area (Å²) in [5.41, 5.74) is 6.30. The van der Waals surface area contributed by atoms with Crippen molar-refractivity contribution in [3.63, 3.8) is 0 Å². The molecule has 0 heterocycles.